The molecule has 3 aromatic rings. The first kappa shape index (κ1) is 15.7. The fourth-order valence-corrected chi connectivity index (χ4v) is 2.67. The molecule has 0 saturated heterocycles. The second-order valence-electron chi connectivity index (χ2n) is 5.67. The van der Waals surface area contributed by atoms with E-state index in [2.05, 4.69) is 15.5 Å². The number of aromatic amines is 2. The lowest BCUT2D eigenvalue weighted by molar-refractivity contribution is -0.116. The van der Waals surface area contributed by atoms with E-state index >= 15 is 0 Å². The molecule has 1 amide bonds. The summed E-state index contributed by atoms with van der Waals surface area (Å²) in [5, 5.41) is 7.70. The van der Waals surface area contributed by atoms with E-state index in [1.807, 2.05) is 31.2 Å². The van der Waals surface area contributed by atoms with Crippen molar-refractivity contribution in [1.29, 1.82) is 0 Å². The molecule has 0 fully saturated rings. The molecule has 1 aromatic heterocycles. The van der Waals surface area contributed by atoms with Crippen molar-refractivity contribution in [1.82, 2.24) is 10.2 Å². The van der Waals surface area contributed by atoms with E-state index in [1.54, 1.807) is 18.2 Å². The number of fused-ring (bicyclic) bond motifs is 1. The van der Waals surface area contributed by atoms with Gasteiger partial charge in [0.15, 0.2) is 0 Å². The van der Waals surface area contributed by atoms with E-state index in [-0.39, 0.29) is 16.7 Å². The molecule has 0 aliphatic carbocycles. The molecule has 0 unspecified atom stereocenters. The third-order valence-electron chi connectivity index (χ3n) is 3.82. The number of hydrogen-bond donors (Lipinski definition) is 3. The van der Waals surface area contributed by atoms with Crippen molar-refractivity contribution in [2.45, 2.75) is 19.8 Å². The highest BCUT2D eigenvalue weighted by Crippen LogP contribution is 2.17. The Balaban J connectivity index is 1.80. The molecular formula is C18H17N3O3. The van der Waals surface area contributed by atoms with Gasteiger partial charge >= 0.3 is 0 Å². The smallest absolute Gasteiger partial charge is 0.272 e. The molecule has 3 rings (SSSR count). The third kappa shape index (κ3) is 3.27. The average Bonchev–Trinajstić information content (AvgIpc) is 2.57. The van der Waals surface area contributed by atoms with Crippen LogP contribution >= 0.6 is 0 Å². The molecule has 24 heavy (non-hydrogen) atoms. The van der Waals surface area contributed by atoms with Crippen LogP contribution in [0.1, 0.15) is 17.5 Å². The Kier molecular flexibility index (Phi) is 4.29. The number of amides is 1. The van der Waals surface area contributed by atoms with E-state index in [0.717, 1.165) is 11.1 Å². The molecule has 0 atom stereocenters. The maximum absolute atomic E-state index is 12.2. The number of anilines is 1. The van der Waals surface area contributed by atoms with Gasteiger partial charge in [-0.05, 0) is 31.0 Å². The fourth-order valence-electron chi connectivity index (χ4n) is 2.67. The monoisotopic (exact) mass is 323 g/mol. The van der Waals surface area contributed by atoms with Crippen LogP contribution in [0, 0.1) is 6.92 Å². The first-order valence-electron chi connectivity index (χ1n) is 7.63. The van der Waals surface area contributed by atoms with E-state index in [4.69, 9.17) is 0 Å². The van der Waals surface area contributed by atoms with Crippen molar-refractivity contribution < 1.29 is 4.79 Å². The van der Waals surface area contributed by atoms with Gasteiger partial charge in [-0.25, -0.2) is 0 Å². The number of carbonyl (C=O) groups excluding carboxylic acids is 1. The molecular weight excluding hydrogens is 306 g/mol. The van der Waals surface area contributed by atoms with E-state index in [0.29, 0.717) is 18.5 Å². The summed E-state index contributed by atoms with van der Waals surface area (Å²) in [7, 11) is 0. The summed E-state index contributed by atoms with van der Waals surface area (Å²) in [5.74, 6) is -0.205. The summed E-state index contributed by atoms with van der Waals surface area (Å²) < 4.78 is 0. The van der Waals surface area contributed by atoms with Crippen LogP contribution in [-0.2, 0) is 11.2 Å². The predicted molar refractivity (Wildman–Crippen MR) is 93.3 cm³/mol. The average molecular weight is 323 g/mol. The molecule has 3 N–H and O–H groups in total. The zero-order valence-corrected chi connectivity index (χ0v) is 13.2. The van der Waals surface area contributed by atoms with Gasteiger partial charge in [-0.1, -0.05) is 35.9 Å². The summed E-state index contributed by atoms with van der Waals surface area (Å²) >= 11 is 0. The zero-order chi connectivity index (χ0) is 17.1. The van der Waals surface area contributed by atoms with Crippen LogP contribution in [0.5, 0.6) is 0 Å². The van der Waals surface area contributed by atoms with E-state index in [9.17, 15) is 14.4 Å². The van der Waals surface area contributed by atoms with Crippen molar-refractivity contribution in [3.05, 3.63) is 74.3 Å². The van der Waals surface area contributed by atoms with Gasteiger partial charge < -0.3 is 5.32 Å². The maximum atomic E-state index is 12.2. The number of carbonyl (C=O) groups is 1. The Hall–Kier alpha value is -3.15. The number of rotatable bonds is 4. The maximum Gasteiger partial charge on any atom is 0.272 e. The minimum absolute atomic E-state index is 0.185. The molecule has 0 aliphatic rings. The summed E-state index contributed by atoms with van der Waals surface area (Å²) in [6, 6.07) is 12.8. The topological polar surface area (TPSA) is 94.8 Å². The number of hydrogen-bond acceptors (Lipinski definition) is 3. The summed E-state index contributed by atoms with van der Waals surface area (Å²) in [6.45, 7) is 2.00. The van der Waals surface area contributed by atoms with Gasteiger partial charge in [0.25, 0.3) is 11.1 Å². The first-order valence-corrected chi connectivity index (χ1v) is 7.63. The highest BCUT2D eigenvalue weighted by Gasteiger charge is 2.11. The minimum atomic E-state index is -0.445. The molecule has 122 valence electrons. The van der Waals surface area contributed by atoms with E-state index in [1.165, 1.54) is 0 Å². The second kappa shape index (κ2) is 6.54. The van der Waals surface area contributed by atoms with Crippen LogP contribution in [0.25, 0.3) is 10.8 Å². The van der Waals surface area contributed by atoms with Gasteiger partial charge in [-0.3, -0.25) is 24.6 Å². The minimum Gasteiger partial charge on any atom is -0.325 e. The van der Waals surface area contributed by atoms with Crippen molar-refractivity contribution in [2.24, 2.45) is 0 Å². The Morgan fingerprint density at radius 2 is 1.79 bits per heavy atom. The van der Waals surface area contributed by atoms with Crippen LogP contribution < -0.4 is 16.4 Å². The number of benzene rings is 2. The predicted octanol–water partition coefficient (Wildman–Crippen LogP) is 2.10. The molecule has 1 heterocycles. The number of nitrogens with one attached hydrogen (secondary N) is 3. The molecule has 0 saturated carbocycles. The molecule has 0 spiro atoms. The summed E-state index contributed by atoms with van der Waals surface area (Å²) in [5.41, 5.74) is 1.72. The molecule has 2 aromatic carbocycles. The highest BCUT2D eigenvalue weighted by molar-refractivity contribution is 6.01. The standard InChI is InChI=1S/C18H17N3O3/c1-11-4-2-5-12(10-11)8-9-15(22)19-14-7-3-6-13-16(14)18(24)21-20-17(13)23/h2-7,10H,8-9H2,1H3,(H,19,22)(H,20,23)(H,21,24). The lowest BCUT2D eigenvalue weighted by Gasteiger charge is -2.08. The van der Waals surface area contributed by atoms with Crippen LogP contribution in [0.3, 0.4) is 0 Å². The Morgan fingerprint density at radius 1 is 1.04 bits per heavy atom. The lowest BCUT2D eigenvalue weighted by atomic mass is 10.1. The molecule has 0 radical (unpaired) electrons. The van der Waals surface area contributed by atoms with E-state index < -0.39 is 11.1 Å². The SMILES string of the molecule is Cc1cccc(CCC(=O)Nc2cccc3c(=O)[nH][nH]c(=O)c23)c1. The number of aromatic nitrogens is 2. The fraction of sp³-hybridized carbons (Fsp3) is 0.167. The Bertz CT molecular complexity index is 1020. The Morgan fingerprint density at radius 3 is 2.58 bits per heavy atom. The van der Waals surface area contributed by atoms with Gasteiger partial charge in [0.05, 0.1) is 16.5 Å². The summed E-state index contributed by atoms with van der Waals surface area (Å²) in [6.07, 6.45) is 0.899. The molecule has 0 bridgehead atoms. The number of H-pyrrole nitrogens is 2. The Labute approximate surface area is 137 Å². The van der Waals surface area contributed by atoms with Crippen LogP contribution in [0.15, 0.2) is 52.1 Å². The second-order valence-corrected chi connectivity index (χ2v) is 5.67. The van der Waals surface area contributed by atoms with Crippen molar-refractivity contribution in [2.75, 3.05) is 5.32 Å². The summed E-state index contributed by atoms with van der Waals surface area (Å²) in [4.78, 5) is 35.9. The molecule has 0 aliphatic heterocycles. The third-order valence-corrected chi connectivity index (χ3v) is 3.82. The largest absolute Gasteiger partial charge is 0.325 e. The number of aryl methyl sites for hydroxylation is 2. The quantitative estimate of drug-likeness (QED) is 0.686. The van der Waals surface area contributed by atoms with Gasteiger partial charge in [0, 0.05) is 6.42 Å². The van der Waals surface area contributed by atoms with Crippen LogP contribution in [0.4, 0.5) is 5.69 Å². The lowest BCUT2D eigenvalue weighted by Crippen LogP contribution is -2.21. The van der Waals surface area contributed by atoms with Crippen molar-refractivity contribution in [3.63, 3.8) is 0 Å². The highest BCUT2D eigenvalue weighted by atomic mass is 16.2. The van der Waals surface area contributed by atoms with Crippen LogP contribution in [0.2, 0.25) is 0 Å². The normalized spacial score (nSPS) is 10.7. The zero-order valence-electron chi connectivity index (χ0n) is 13.2. The molecule has 6 nitrogen and oxygen atoms in total. The van der Waals surface area contributed by atoms with Crippen molar-refractivity contribution in [3.8, 4) is 0 Å². The molecule has 6 heteroatoms. The van der Waals surface area contributed by atoms with Crippen molar-refractivity contribution >= 4 is 22.4 Å². The van der Waals surface area contributed by atoms with Crippen LogP contribution in [-0.4, -0.2) is 16.1 Å². The van der Waals surface area contributed by atoms with Gasteiger partial charge in [-0.2, -0.15) is 0 Å². The van der Waals surface area contributed by atoms with Gasteiger partial charge in [0.1, 0.15) is 0 Å². The van der Waals surface area contributed by atoms with Gasteiger partial charge in [0.2, 0.25) is 5.91 Å². The van der Waals surface area contributed by atoms with Gasteiger partial charge in [-0.15, -0.1) is 0 Å². The first-order chi connectivity index (χ1) is 11.5.